The lowest BCUT2D eigenvalue weighted by molar-refractivity contribution is -0.217. The van der Waals surface area contributed by atoms with Crippen molar-refractivity contribution < 1.29 is 52.4 Å². The van der Waals surface area contributed by atoms with E-state index in [0.717, 1.165) is 93.3 Å². The Morgan fingerprint density at radius 2 is 0.805 bits per heavy atom. The van der Waals surface area contributed by atoms with Gasteiger partial charge in [0.15, 0.2) is 6.79 Å². The molecule has 11 nitrogen and oxygen atoms in total. The SMILES string of the molecule is CCC(C)(C)C(=O)OC1CC2CC1C1C3CC(CC3C(=O)OC3(C)C4CC5CC(C4)CC3C5)C21.CCC(C)(C)C(=O)OC1CC2CC1C1C3CC(CC3C(=O)OC3(CC)C4CC5CC(C4)CC3C5)C21.CCCOCOC(=O)C(C)(C)CC. The Kier molecular flexibility index (Phi) is 16.1. The van der Waals surface area contributed by atoms with E-state index in [0.29, 0.717) is 89.5 Å². The lowest BCUT2D eigenvalue weighted by Gasteiger charge is -2.60. The first kappa shape index (κ1) is 59.6. The fraction of sp³-hybridized carbons (Fsp3) is 0.930. The lowest BCUT2D eigenvalue weighted by atomic mass is 9.49. The quantitative estimate of drug-likeness (QED) is 0.0452. The average molecular weight is 1140 g/mol. The molecule has 460 valence electrons. The number of rotatable bonds is 17. The first-order chi connectivity index (χ1) is 39.0. The fourth-order valence-corrected chi connectivity index (χ4v) is 23.1. The van der Waals surface area contributed by atoms with Crippen LogP contribution in [0.5, 0.6) is 0 Å². The maximum absolute atomic E-state index is 13.9. The molecule has 16 fully saturated rings. The highest BCUT2D eigenvalue weighted by Gasteiger charge is 2.70. The van der Waals surface area contributed by atoms with E-state index >= 15 is 0 Å². The van der Waals surface area contributed by atoms with Gasteiger partial charge in [-0.1, -0.05) is 34.6 Å². The highest BCUT2D eigenvalue weighted by atomic mass is 16.7. The molecule has 0 aromatic rings. The Hall–Kier alpha value is -2.69. The highest BCUT2D eigenvalue weighted by Crippen LogP contribution is 2.72. The molecule has 16 bridgehead atoms. The third-order valence-corrected chi connectivity index (χ3v) is 28.0. The summed E-state index contributed by atoms with van der Waals surface area (Å²) >= 11 is 0. The van der Waals surface area contributed by atoms with Crippen molar-refractivity contribution in [2.45, 2.75) is 254 Å². The van der Waals surface area contributed by atoms with Crippen LogP contribution in [0.25, 0.3) is 0 Å². The number of hydrogen-bond acceptors (Lipinski definition) is 11. The summed E-state index contributed by atoms with van der Waals surface area (Å²) in [5, 5.41) is 0. The first-order valence-electron chi connectivity index (χ1n) is 34.6. The Morgan fingerprint density at radius 3 is 1.21 bits per heavy atom. The summed E-state index contributed by atoms with van der Waals surface area (Å²) in [6.45, 7) is 25.1. The third-order valence-electron chi connectivity index (χ3n) is 28.0. The lowest BCUT2D eigenvalue weighted by Crippen LogP contribution is -2.60. The van der Waals surface area contributed by atoms with E-state index in [1.54, 1.807) is 0 Å². The van der Waals surface area contributed by atoms with Crippen molar-refractivity contribution >= 4 is 29.8 Å². The molecule has 0 spiro atoms. The molecule has 16 aliphatic rings. The largest absolute Gasteiger partial charge is 0.462 e. The molecule has 0 heterocycles. The topological polar surface area (TPSA) is 141 Å². The van der Waals surface area contributed by atoms with Gasteiger partial charge in [-0.15, -0.1) is 0 Å². The molecule has 11 heteroatoms. The third kappa shape index (κ3) is 10.1. The van der Waals surface area contributed by atoms with Crippen LogP contribution in [0.2, 0.25) is 0 Å². The molecule has 0 amide bonds. The van der Waals surface area contributed by atoms with Gasteiger partial charge in [-0.05, 0) is 315 Å². The second-order valence-electron chi connectivity index (χ2n) is 33.1. The summed E-state index contributed by atoms with van der Waals surface area (Å²) < 4.78 is 35.7. The predicted octanol–water partition coefficient (Wildman–Crippen LogP) is 14.8. The minimum absolute atomic E-state index is 0.0278. The Bertz CT molecular complexity index is 2350. The van der Waals surface area contributed by atoms with Gasteiger partial charge in [0.25, 0.3) is 0 Å². The second kappa shape index (κ2) is 22.2. The molecule has 16 unspecified atom stereocenters. The fourth-order valence-electron chi connectivity index (χ4n) is 23.1. The van der Waals surface area contributed by atoms with Crippen molar-refractivity contribution in [2.75, 3.05) is 13.4 Å². The molecule has 0 saturated heterocycles. The number of carbonyl (C=O) groups is 5. The van der Waals surface area contributed by atoms with Crippen LogP contribution in [0, 0.1) is 146 Å². The van der Waals surface area contributed by atoms with Crippen molar-refractivity contribution in [3.8, 4) is 0 Å². The van der Waals surface area contributed by atoms with E-state index in [1.807, 2.05) is 55.4 Å². The van der Waals surface area contributed by atoms with Gasteiger partial charge in [-0.25, -0.2) is 0 Å². The molecule has 0 radical (unpaired) electrons. The Balaban J connectivity index is 0.000000134. The zero-order valence-corrected chi connectivity index (χ0v) is 53.0. The molecule has 0 aliphatic heterocycles. The van der Waals surface area contributed by atoms with Crippen molar-refractivity contribution in [3.63, 3.8) is 0 Å². The molecular formula is C71H110O11. The van der Waals surface area contributed by atoms with Crippen LogP contribution in [0.4, 0.5) is 0 Å². The maximum atomic E-state index is 13.9. The average Bonchev–Trinajstić information content (AvgIpc) is 2.31. The number of hydrogen-bond donors (Lipinski definition) is 0. The molecule has 16 saturated carbocycles. The van der Waals surface area contributed by atoms with Gasteiger partial charge < -0.3 is 28.4 Å². The van der Waals surface area contributed by atoms with E-state index in [9.17, 15) is 24.0 Å². The molecule has 16 atom stereocenters. The molecule has 16 aliphatic carbocycles. The van der Waals surface area contributed by atoms with Crippen molar-refractivity contribution in [3.05, 3.63) is 0 Å². The van der Waals surface area contributed by atoms with Gasteiger partial charge in [-0.2, -0.15) is 0 Å². The number of carbonyl (C=O) groups excluding carboxylic acids is 5. The summed E-state index contributed by atoms with van der Waals surface area (Å²) in [7, 11) is 0. The van der Waals surface area contributed by atoms with Crippen molar-refractivity contribution in [2.24, 2.45) is 146 Å². The zero-order valence-electron chi connectivity index (χ0n) is 53.0. The van der Waals surface area contributed by atoms with Crippen LogP contribution < -0.4 is 0 Å². The van der Waals surface area contributed by atoms with Crippen LogP contribution in [-0.4, -0.2) is 66.7 Å². The van der Waals surface area contributed by atoms with E-state index in [-0.39, 0.29) is 71.9 Å². The Morgan fingerprint density at radius 1 is 0.427 bits per heavy atom. The molecule has 0 aromatic heterocycles. The van der Waals surface area contributed by atoms with E-state index in [4.69, 9.17) is 28.4 Å². The van der Waals surface area contributed by atoms with Gasteiger partial charge in [0.05, 0.1) is 34.7 Å². The number of esters is 5. The molecule has 0 N–H and O–H groups in total. The van der Waals surface area contributed by atoms with Gasteiger partial charge in [-0.3, -0.25) is 24.0 Å². The second-order valence-corrected chi connectivity index (χ2v) is 33.1. The summed E-state index contributed by atoms with van der Waals surface area (Å²) in [5.74, 6) is 13.5. The van der Waals surface area contributed by atoms with Crippen molar-refractivity contribution in [1.29, 1.82) is 0 Å². The summed E-state index contributed by atoms with van der Waals surface area (Å²) in [5.41, 5.74) is -1.60. The van der Waals surface area contributed by atoms with Crippen molar-refractivity contribution in [1.82, 2.24) is 0 Å². The summed E-state index contributed by atoms with van der Waals surface area (Å²) in [4.78, 5) is 64.7. The van der Waals surface area contributed by atoms with Gasteiger partial charge in [0.2, 0.25) is 0 Å². The number of ether oxygens (including phenoxy) is 6. The van der Waals surface area contributed by atoms with Crippen LogP contribution in [0.15, 0.2) is 0 Å². The van der Waals surface area contributed by atoms with Gasteiger partial charge in [0, 0.05) is 0 Å². The minimum Gasteiger partial charge on any atom is -0.462 e. The number of fused-ring (bicyclic) bond motifs is 18. The standard InChI is InChI=1S/C31H46O4.C30H44O4.C10H20O3/c1-5-30(3,4)29(33)34-25-15-19-14-24(25)27-22-12-18(26(19)27)13-23(22)28(32)35-31(6-2)20-8-16-7-17(10-20)11-21(31)9-16;1-5-29(2,3)28(32)33-24-14-18-13-23(24)26-21-11-17(25(18)26)12-22(21)27(31)34-30(4)19-7-15-6-16(9-19)10-20(30)8-15;1-5-7-12-8-13-9(11)10(3,4)6-2/h16-27H,5-15H2,1-4H3;15-26H,5-14H2,1-4H3;5-8H2,1-4H3. The summed E-state index contributed by atoms with van der Waals surface area (Å²) in [6.07, 6.45) is 26.7. The first-order valence-corrected chi connectivity index (χ1v) is 34.6. The highest BCUT2D eigenvalue weighted by molar-refractivity contribution is 5.77. The van der Waals surface area contributed by atoms with Crippen LogP contribution >= 0.6 is 0 Å². The molecular weight excluding hydrogens is 1030 g/mol. The van der Waals surface area contributed by atoms with E-state index in [2.05, 4.69) is 27.7 Å². The smallest absolute Gasteiger partial charge is 0.313 e. The monoisotopic (exact) mass is 1140 g/mol. The molecule has 16 rings (SSSR count). The van der Waals surface area contributed by atoms with Crippen LogP contribution in [0.3, 0.4) is 0 Å². The van der Waals surface area contributed by atoms with Gasteiger partial charge in [0.1, 0.15) is 23.4 Å². The van der Waals surface area contributed by atoms with Crippen LogP contribution in [0.1, 0.15) is 231 Å². The Labute approximate surface area is 494 Å². The summed E-state index contributed by atoms with van der Waals surface area (Å²) in [6, 6.07) is 0. The van der Waals surface area contributed by atoms with Crippen LogP contribution in [-0.2, 0) is 52.4 Å². The van der Waals surface area contributed by atoms with Gasteiger partial charge >= 0.3 is 29.8 Å². The minimum atomic E-state index is -0.407. The molecule has 82 heavy (non-hydrogen) atoms. The molecule has 0 aromatic carbocycles. The van der Waals surface area contributed by atoms with E-state index in [1.165, 1.54) is 89.9 Å². The maximum Gasteiger partial charge on any atom is 0.313 e. The normalized spacial score (nSPS) is 46.6. The zero-order chi connectivity index (χ0) is 58.2. The predicted molar refractivity (Wildman–Crippen MR) is 313 cm³/mol. The van der Waals surface area contributed by atoms with E-state index < -0.39 is 16.2 Å².